The standard InChI is InChI=1S/C13H22N2O4/c1-9-7-15(8-10(2)19-9)11(16)6-14-13(12(17)18)4-3-5-13/h9-10,14H,3-8H2,1-2H3,(H,17,18). The van der Waals surface area contributed by atoms with Crippen LogP contribution in [0.1, 0.15) is 33.1 Å². The quantitative estimate of drug-likeness (QED) is 0.764. The number of morpholine rings is 1. The Morgan fingerprint density at radius 2 is 1.89 bits per heavy atom. The molecule has 108 valence electrons. The number of carbonyl (C=O) groups is 2. The number of carboxylic acids is 1. The molecule has 6 heteroatoms. The Morgan fingerprint density at radius 3 is 2.32 bits per heavy atom. The van der Waals surface area contributed by atoms with Gasteiger partial charge in [0, 0.05) is 13.1 Å². The van der Waals surface area contributed by atoms with Crippen molar-refractivity contribution < 1.29 is 19.4 Å². The first-order chi connectivity index (χ1) is 8.93. The van der Waals surface area contributed by atoms with E-state index in [-0.39, 0.29) is 24.7 Å². The number of aliphatic carboxylic acids is 1. The Hall–Kier alpha value is -1.14. The maximum atomic E-state index is 12.1. The first-order valence-electron chi connectivity index (χ1n) is 6.84. The first-order valence-corrected chi connectivity index (χ1v) is 6.84. The van der Waals surface area contributed by atoms with Crippen LogP contribution < -0.4 is 5.32 Å². The van der Waals surface area contributed by atoms with Crippen LogP contribution in [0.4, 0.5) is 0 Å². The van der Waals surface area contributed by atoms with Gasteiger partial charge in [0.15, 0.2) is 0 Å². The van der Waals surface area contributed by atoms with Crippen molar-refractivity contribution in [3.63, 3.8) is 0 Å². The summed E-state index contributed by atoms with van der Waals surface area (Å²) in [7, 11) is 0. The minimum atomic E-state index is -0.876. The van der Waals surface area contributed by atoms with Crippen molar-refractivity contribution in [1.82, 2.24) is 10.2 Å². The maximum Gasteiger partial charge on any atom is 0.323 e. The van der Waals surface area contributed by atoms with Crippen molar-refractivity contribution in [3.8, 4) is 0 Å². The lowest BCUT2D eigenvalue weighted by atomic mass is 9.77. The number of rotatable bonds is 4. The van der Waals surface area contributed by atoms with Crippen LogP contribution in [-0.2, 0) is 14.3 Å². The molecule has 19 heavy (non-hydrogen) atoms. The first kappa shape index (κ1) is 14.3. The van der Waals surface area contributed by atoms with Gasteiger partial charge < -0.3 is 14.7 Å². The van der Waals surface area contributed by atoms with Gasteiger partial charge in [0.05, 0.1) is 18.8 Å². The van der Waals surface area contributed by atoms with Crippen LogP contribution in [0, 0.1) is 0 Å². The highest BCUT2D eigenvalue weighted by molar-refractivity contribution is 5.83. The summed E-state index contributed by atoms with van der Waals surface area (Å²) in [5.74, 6) is -0.898. The van der Waals surface area contributed by atoms with Crippen molar-refractivity contribution in [2.45, 2.75) is 50.9 Å². The fourth-order valence-electron chi connectivity index (χ4n) is 2.73. The molecule has 2 atom stereocenters. The summed E-state index contributed by atoms with van der Waals surface area (Å²) < 4.78 is 5.57. The topological polar surface area (TPSA) is 78.9 Å². The van der Waals surface area contributed by atoms with E-state index in [4.69, 9.17) is 4.74 Å². The summed E-state index contributed by atoms with van der Waals surface area (Å²) in [5.41, 5.74) is -0.876. The molecule has 2 N–H and O–H groups in total. The predicted molar refractivity (Wildman–Crippen MR) is 68.8 cm³/mol. The predicted octanol–water partition coefficient (Wildman–Crippen LogP) is 0.219. The molecule has 1 saturated heterocycles. The van der Waals surface area contributed by atoms with Gasteiger partial charge in [-0.05, 0) is 33.1 Å². The van der Waals surface area contributed by atoms with Crippen molar-refractivity contribution in [2.24, 2.45) is 0 Å². The van der Waals surface area contributed by atoms with Gasteiger partial charge in [0.2, 0.25) is 5.91 Å². The number of carboxylic acid groups (broad SMARTS) is 1. The van der Waals surface area contributed by atoms with Crippen LogP contribution in [0.3, 0.4) is 0 Å². The molecule has 2 aliphatic rings. The van der Waals surface area contributed by atoms with E-state index in [1.165, 1.54) is 0 Å². The summed E-state index contributed by atoms with van der Waals surface area (Å²) in [4.78, 5) is 25.1. The summed E-state index contributed by atoms with van der Waals surface area (Å²) in [6.07, 6.45) is 2.17. The number of hydrogen-bond donors (Lipinski definition) is 2. The fourth-order valence-corrected chi connectivity index (χ4v) is 2.73. The Bertz CT molecular complexity index is 358. The smallest absolute Gasteiger partial charge is 0.323 e. The molecular formula is C13H22N2O4. The molecule has 0 aromatic carbocycles. The lowest BCUT2D eigenvalue weighted by molar-refractivity contribution is -0.150. The van der Waals surface area contributed by atoms with Gasteiger partial charge in [0.25, 0.3) is 0 Å². The molecule has 1 aliphatic carbocycles. The minimum absolute atomic E-state index is 0.0323. The second-order valence-electron chi connectivity index (χ2n) is 5.65. The molecule has 0 spiro atoms. The Kier molecular flexibility index (Phi) is 4.10. The van der Waals surface area contributed by atoms with Crippen LogP contribution in [-0.4, -0.2) is 59.3 Å². The number of hydrogen-bond acceptors (Lipinski definition) is 4. The van der Waals surface area contributed by atoms with Gasteiger partial charge in [-0.15, -0.1) is 0 Å². The van der Waals surface area contributed by atoms with Crippen LogP contribution in [0.2, 0.25) is 0 Å². The van der Waals surface area contributed by atoms with Gasteiger partial charge in [-0.1, -0.05) is 0 Å². The SMILES string of the molecule is CC1CN(C(=O)CNC2(C(=O)O)CCC2)CC(C)O1. The van der Waals surface area contributed by atoms with E-state index in [1.54, 1.807) is 4.90 Å². The Labute approximate surface area is 113 Å². The summed E-state index contributed by atoms with van der Waals surface area (Å²) >= 11 is 0. The number of nitrogens with one attached hydrogen (secondary N) is 1. The molecule has 0 aromatic heterocycles. The van der Waals surface area contributed by atoms with Crippen LogP contribution in [0.5, 0.6) is 0 Å². The van der Waals surface area contributed by atoms with E-state index in [0.717, 1.165) is 6.42 Å². The molecule has 1 aliphatic heterocycles. The van der Waals surface area contributed by atoms with E-state index >= 15 is 0 Å². The normalized spacial score (nSPS) is 29.7. The van der Waals surface area contributed by atoms with Crippen molar-refractivity contribution in [1.29, 1.82) is 0 Å². The number of nitrogens with zero attached hydrogens (tertiary/aromatic N) is 1. The third kappa shape index (κ3) is 3.06. The van der Waals surface area contributed by atoms with Gasteiger partial charge in [-0.3, -0.25) is 14.9 Å². The highest BCUT2D eigenvalue weighted by Gasteiger charge is 2.44. The molecule has 2 unspecified atom stereocenters. The zero-order chi connectivity index (χ0) is 14.0. The Balaban J connectivity index is 1.85. The zero-order valence-electron chi connectivity index (χ0n) is 11.5. The molecule has 0 radical (unpaired) electrons. The van der Waals surface area contributed by atoms with Crippen LogP contribution >= 0.6 is 0 Å². The van der Waals surface area contributed by atoms with E-state index in [2.05, 4.69) is 5.32 Å². The Morgan fingerprint density at radius 1 is 1.32 bits per heavy atom. The van der Waals surface area contributed by atoms with Crippen LogP contribution in [0.25, 0.3) is 0 Å². The van der Waals surface area contributed by atoms with Gasteiger partial charge in [0.1, 0.15) is 5.54 Å². The molecule has 1 heterocycles. The number of carbonyl (C=O) groups excluding carboxylic acids is 1. The van der Waals surface area contributed by atoms with Crippen molar-refractivity contribution in [3.05, 3.63) is 0 Å². The molecular weight excluding hydrogens is 248 g/mol. The third-order valence-electron chi connectivity index (χ3n) is 3.97. The van der Waals surface area contributed by atoms with Crippen LogP contribution in [0.15, 0.2) is 0 Å². The second kappa shape index (κ2) is 5.46. The molecule has 1 amide bonds. The largest absolute Gasteiger partial charge is 0.480 e. The van der Waals surface area contributed by atoms with Crippen molar-refractivity contribution >= 4 is 11.9 Å². The van der Waals surface area contributed by atoms with E-state index in [0.29, 0.717) is 25.9 Å². The lowest BCUT2D eigenvalue weighted by Crippen LogP contribution is -2.60. The van der Waals surface area contributed by atoms with Crippen molar-refractivity contribution in [2.75, 3.05) is 19.6 Å². The minimum Gasteiger partial charge on any atom is -0.480 e. The highest BCUT2D eigenvalue weighted by atomic mass is 16.5. The molecule has 0 aromatic rings. The molecule has 2 fully saturated rings. The molecule has 1 saturated carbocycles. The van der Waals surface area contributed by atoms with E-state index < -0.39 is 11.5 Å². The lowest BCUT2D eigenvalue weighted by Gasteiger charge is -2.40. The molecule has 0 bridgehead atoms. The summed E-state index contributed by atoms with van der Waals surface area (Å²) in [5, 5.41) is 12.1. The molecule has 2 rings (SSSR count). The van der Waals surface area contributed by atoms with Gasteiger partial charge in [-0.2, -0.15) is 0 Å². The highest BCUT2D eigenvalue weighted by Crippen LogP contribution is 2.31. The average molecular weight is 270 g/mol. The second-order valence-corrected chi connectivity index (χ2v) is 5.65. The average Bonchev–Trinajstić information content (AvgIpc) is 2.25. The maximum absolute atomic E-state index is 12.1. The monoisotopic (exact) mass is 270 g/mol. The zero-order valence-corrected chi connectivity index (χ0v) is 11.5. The molecule has 6 nitrogen and oxygen atoms in total. The number of ether oxygens (including phenoxy) is 1. The fraction of sp³-hybridized carbons (Fsp3) is 0.846. The summed E-state index contributed by atoms with van der Waals surface area (Å²) in [6.45, 7) is 5.11. The van der Waals surface area contributed by atoms with E-state index in [1.807, 2.05) is 13.8 Å². The van der Waals surface area contributed by atoms with Gasteiger partial charge in [-0.25, -0.2) is 0 Å². The number of amides is 1. The van der Waals surface area contributed by atoms with E-state index in [9.17, 15) is 14.7 Å². The summed E-state index contributed by atoms with van der Waals surface area (Å²) in [6, 6.07) is 0. The third-order valence-corrected chi connectivity index (χ3v) is 3.97. The van der Waals surface area contributed by atoms with Gasteiger partial charge >= 0.3 is 5.97 Å².